The third-order valence-electron chi connectivity index (χ3n) is 6.76. The lowest BCUT2D eigenvalue weighted by atomic mass is 9.70. The number of hydrogen-bond acceptors (Lipinski definition) is 4. The van der Waals surface area contributed by atoms with E-state index in [9.17, 15) is 18.0 Å². The van der Waals surface area contributed by atoms with Crippen molar-refractivity contribution in [3.05, 3.63) is 29.8 Å². The van der Waals surface area contributed by atoms with Gasteiger partial charge in [-0.25, -0.2) is 8.42 Å². The Bertz CT molecular complexity index is 881. The summed E-state index contributed by atoms with van der Waals surface area (Å²) in [7, 11) is -3.54. The minimum Gasteiger partial charge on any atom is -0.353 e. The van der Waals surface area contributed by atoms with Gasteiger partial charge in [0.05, 0.1) is 4.90 Å². The van der Waals surface area contributed by atoms with Gasteiger partial charge in [-0.2, -0.15) is 4.31 Å². The van der Waals surface area contributed by atoms with Gasteiger partial charge < -0.3 is 10.6 Å². The number of carbonyl (C=O) groups is 2. The number of fused-ring (bicyclic) bond motifs is 1. The number of piperidine rings is 1. The molecular formula is C23H35N3O4S. The number of sulfonamides is 1. The molecule has 1 saturated heterocycles. The molecule has 7 nitrogen and oxygen atoms in total. The van der Waals surface area contributed by atoms with Crippen molar-refractivity contribution in [1.82, 2.24) is 14.9 Å². The van der Waals surface area contributed by atoms with Crippen LogP contribution in [-0.4, -0.2) is 49.7 Å². The highest BCUT2D eigenvalue weighted by Gasteiger charge is 2.40. The van der Waals surface area contributed by atoms with Crippen molar-refractivity contribution in [3.8, 4) is 0 Å². The van der Waals surface area contributed by atoms with Crippen LogP contribution < -0.4 is 10.6 Å². The monoisotopic (exact) mass is 449 g/mol. The fraction of sp³-hybridized carbons (Fsp3) is 0.652. The average Bonchev–Trinajstić information content (AvgIpc) is 2.74. The zero-order valence-corrected chi connectivity index (χ0v) is 19.6. The lowest BCUT2D eigenvalue weighted by molar-refractivity contribution is -0.127. The summed E-state index contributed by atoms with van der Waals surface area (Å²) in [5.41, 5.74) is 0.442. The quantitative estimate of drug-likeness (QED) is 0.638. The Kier molecular flexibility index (Phi) is 7.75. The molecule has 0 radical (unpaired) electrons. The summed E-state index contributed by atoms with van der Waals surface area (Å²) < 4.78 is 26.6. The minimum atomic E-state index is -3.54. The van der Waals surface area contributed by atoms with Gasteiger partial charge in [-0.3, -0.25) is 9.59 Å². The number of hydrogen-bond donors (Lipinski definition) is 2. The van der Waals surface area contributed by atoms with Crippen molar-refractivity contribution < 1.29 is 18.0 Å². The van der Waals surface area contributed by atoms with Gasteiger partial charge >= 0.3 is 0 Å². The molecule has 4 unspecified atom stereocenters. The van der Waals surface area contributed by atoms with Crippen LogP contribution in [0.4, 0.5) is 0 Å². The highest BCUT2D eigenvalue weighted by atomic mass is 32.2. The van der Waals surface area contributed by atoms with E-state index < -0.39 is 10.0 Å². The molecule has 2 N–H and O–H groups in total. The van der Waals surface area contributed by atoms with Crippen LogP contribution in [0.1, 0.15) is 69.7 Å². The lowest BCUT2D eigenvalue weighted by Gasteiger charge is -2.44. The molecule has 0 bridgehead atoms. The van der Waals surface area contributed by atoms with Gasteiger partial charge in [0, 0.05) is 37.2 Å². The first kappa shape index (κ1) is 23.7. The molecule has 2 fully saturated rings. The van der Waals surface area contributed by atoms with Crippen LogP contribution in [0.25, 0.3) is 0 Å². The lowest BCUT2D eigenvalue weighted by Crippen LogP contribution is -2.55. The van der Waals surface area contributed by atoms with E-state index in [1.807, 2.05) is 0 Å². The second kappa shape index (κ2) is 10.1. The highest BCUT2D eigenvalue weighted by molar-refractivity contribution is 7.89. The standard InChI is InChI=1S/C23H35N3O4S/c1-4-7-17-14-22(27)25-21-15-18(10-13-20(17)21)24-23(28)16-8-11-19(12-9-16)31(29,30)26(5-2)6-3/h8-9,11-12,17-18,20-21H,4-7,10,13-15H2,1-3H3,(H,24,28)(H,25,27). The maximum atomic E-state index is 12.8. The zero-order chi connectivity index (χ0) is 22.6. The SMILES string of the molecule is CCCC1CC(=O)NC2CC(NC(=O)c3ccc(S(=O)(=O)N(CC)CC)cc3)CCC12. The van der Waals surface area contributed by atoms with Crippen LogP contribution in [0.3, 0.4) is 0 Å². The van der Waals surface area contributed by atoms with Crippen LogP contribution in [0, 0.1) is 11.8 Å². The van der Waals surface area contributed by atoms with E-state index in [4.69, 9.17) is 0 Å². The maximum absolute atomic E-state index is 12.8. The maximum Gasteiger partial charge on any atom is 0.251 e. The second-order valence-corrected chi connectivity index (χ2v) is 10.6. The van der Waals surface area contributed by atoms with Gasteiger partial charge in [0.2, 0.25) is 15.9 Å². The molecule has 8 heteroatoms. The molecule has 1 heterocycles. The Hall–Kier alpha value is -1.93. The molecule has 4 atom stereocenters. The first-order valence-corrected chi connectivity index (χ1v) is 12.9. The third kappa shape index (κ3) is 5.29. The van der Waals surface area contributed by atoms with Gasteiger partial charge in [0.1, 0.15) is 0 Å². The van der Waals surface area contributed by atoms with E-state index in [1.165, 1.54) is 16.4 Å². The average molecular weight is 450 g/mol. The van der Waals surface area contributed by atoms with Gasteiger partial charge in [-0.05, 0) is 61.8 Å². The number of nitrogens with zero attached hydrogens (tertiary/aromatic N) is 1. The van der Waals surface area contributed by atoms with Crippen molar-refractivity contribution in [3.63, 3.8) is 0 Å². The molecular weight excluding hydrogens is 414 g/mol. The van der Waals surface area contributed by atoms with Crippen molar-refractivity contribution >= 4 is 21.8 Å². The largest absolute Gasteiger partial charge is 0.353 e. The summed E-state index contributed by atoms with van der Waals surface area (Å²) in [6.45, 7) is 6.57. The fourth-order valence-electron chi connectivity index (χ4n) is 5.16. The zero-order valence-electron chi connectivity index (χ0n) is 18.8. The van der Waals surface area contributed by atoms with Gasteiger partial charge in [-0.15, -0.1) is 0 Å². The predicted octanol–water partition coefficient (Wildman–Crippen LogP) is 2.92. The number of amides is 2. The second-order valence-electron chi connectivity index (χ2n) is 8.69. The van der Waals surface area contributed by atoms with E-state index in [1.54, 1.807) is 26.0 Å². The number of benzene rings is 1. The van der Waals surface area contributed by atoms with E-state index in [2.05, 4.69) is 17.6 Å². The topological polar surface area (TPSA) is 95.6 Å². The first-order valence-electron chi connectivity index (χ1n) is 11.5. The normalized spacial score (nSPS) is 26.3. The van der Waals surface area contributed by atoms with E-state index in [0.29, 0.717) is 36.9 Å². The molecule has 1 aliphatic carbocycles. The molecule has 2 aliphatic rings. The summed E-state index contributed by atoms with van der Waals surface area (Å²) in [6, 6.07) is 6.26. The van der Waals surface area contributed by atoms with Crippen LogP contribution in [0.2, 0.25) is 0 Å². The molecule has 1 aliphatic heterocycles. The van der Waals surface area contributed by atoms with Gasteiger partial charge in [0.15, 0.2) is 0 Å². The molecule has 3 rings (SSSR count). The van der Waals surface area contributed by atoms with E-state index >= 15 is 0 Å². The summed E-state index contributed by atoms with van der Waals surface area (Å²) in [5.74, 6) is 0.857. The highest BCUT2D eigenvalue weighted by Crippen LogP contribution is 2.37. The minimum absolute atomic E-state index is 0.00788. The Morgan fingerprint density at radius 2 is 1.81 bits per heavy atom. The van der Waals surface area contributed by atoms with Crippen molar-refractivity contribution in [2.24, 2.45) is 11.8 Å². The number of carbonyl (C=O) groups excluding carboxylic acids is 2. The Morgan fingerprint density at radius 1 is 1.13 bits per heavy atom. The molecule has 1 aromatic carbocycles. The first-order chi connectivity index (χ1) is 14.8. The van der Waals surface area contributed by atoms with Gasteiger partial charge in [0.25, 0.3) is 5.91 Å². The molecule has 1 saturated carbocycles. The van der Waals surface area contributed by atoms with Crippen LogP contribution in [0.15, 0.2) is 29.2 Å². The Labute approximate surface area is 186 Å². The smallest absolute Gasteiger partial charge is 0.251 e. The van der Waals surface area contributed by atoms with Crippen LogP contribution >= 0.6 is 0 Å². The summed E-state index contributed by atoms with van der Waals surface area (Å²) in [6.07, 6.45) is 5.43. The molecule has 172 valence electrons. The summed E-state index contributed by atoms with van der Waals surface area (Å²) >= 11 is 0. The van der Waals surface area contributed by atoms with Crippen molar-refractivity contribution in [1.29, 1.82) is 0 Å². The molecule has 0 spiro atoms. The molecule has 31 heavy (non-hydrogen) atoms. The fourth-order valence-corrected chi connectivity index (χ4v) is 6.62. The molecule has 1 aromatic rings. The van der Waals surface area contributed by atoms with E-state index in [-0.39, 0.29) is 28.8 Å². The summed E-state index contributed by atoms with van der Waals surface area (Å²) in [5, 5.41) is 6.22. The van der Waals surface area contributed by atoms with Crippen molar-refractivity contribution in [2.45, 2.75) is 76.3 Å². The molecule has 0 aromatic heterocycles. The predicted molar refractivity (Wildman–Crippen MR) is 120 cm³/mol. The van der Waals surface area contributed by atoms with Crippen LogP contribution in [0.5, 0.6) is 0 Å². The number of nitrogens with one attached hydrogen (secondary N) is 2. The van der Waals surface area contributed by atoms with E-state index in [0.717, 1.165) is 32.1 Å². The Balaban J connectivity index is 1.63. The Morgan fingerprint density at radius 3 is 2.42 bits per heavy atom. The molecule has 2 amide bonds. The van der Waals surface area contributed by atoms with Crippen molar-refractivity contribution in [2.75, 3.05) is 13.1 Å². The summed E-state index contributed by atoms with van der Waals surface area (Å²) in [4.78, 5) is 25.1. The van der Waals surface area contributed by atoms with Gasteiger partial charge in [-0.1, -0.05) is 27.2 Å². The third-order valence-corrected chi connectivity index (χ3v) is 8.82. The number of rotatable bonds is 8. The van der Waals surface area contributed by atoms with Crippen LogP contribution in [-0.2, 0) is 14.8 Å².